The minimum Gasteiger partial charge on any atom is -0.478 e. The van der Waals surface area contributed by atoms with E-state index >= 15 is 0 Å². The highest BCUT2D eigenvalue weighted by atomic mass is 16.4. The van der Waals surface area contributed by atoms with Gasteiger partial charge in [-0.05, 0) is 50.2 Å². The first-order valence-corrected chi connectivity index (χ1v) is 11.8. The first kappa shape index (κ1) is 25.9. The molecule has 0 saturated heterocycles. The van der Waals surface area contributed by atoms with Gasteiger partial charge in [0, 0.05) is 0 Å². The number of carboxylic acid groups (broad SMARTS) is 2. The van der Waals surface area contributed by atoms with E-state index in [2.05, 4.69) is 19.1 Å². The summed E-state index contributed by atoms with van der Waals surface area (Å²) >= 11 is 0. The maximum absolute atomic E-state index is 11.5. The minimum absolute atomic E-state index is 0.0576. The third kappa shape index (κ3) is 11.2. The molecule has 0 unspecified atom stereocenters. The smallest absolute Gasteiger partial charge is 0.336 e. The summed E-state index contributed by atoms with van der Waals surface area (Å²) < 4.78 is 0. The van der Waals surface area contributed by atoms with Crippen molar-refractivity contribution in [3.05, 3.63) is 47.0 Å². The molecule has 0 radical (unpaired) electrons. The number of aromatic carboxylic acids is 2. The zero-order valence-corrected chi connectivity index (χ0v) is 18.7. The summed E-state index contributed by atoms with van der Waals surface area (Å²) in [5.41, 5.74) is 0.445. The molecule has 0 saturated carbocycles. The van der Waals surface area contributed by atoms with E-state index in [-0.39, 0.29) is 11.1 Å². The van der Waals surface area contributed by atoms with Crippen molar-refractivity contribution in [3.8, 4) is 0 Å². The molecule has 4 heteroatoms. The number of hydrogen-bond donors (Lipinski definition) is 2. The van der Waals surface area contributed by atoms with Gasteiger partial charge in [0.05, 0.1) is 11.1 Å². The van der Waals surface area contributed by atoms with Crippen molar-refractivity contribution in [2.75, 3.05) is 0 Å². The van der Waals surface area contributed by atoms with E-state index in [9.17, 15) is 19.8 Å². The predicted octanol–water partition coefficient (Wildman–Crippen LogP) is 7.66. The molecule has 4 nitrogen and oxygen atoms in total. The molecule has 0 aliphatic heterocycles. The van der Waals surface area contributed by atoms with Crippen molar-refractivity contribution in [1.29, 1.82) is 0 Å². The molecular formula is C26H40O4. The molecule has 0 fully saturated rings. The summed E-state index contributed by atoms with van der Waals surface area (Å²) in [5.74, 6) is -2.34. The maximum atomic E-state index is 11.5. The molecule has 168 valence electrons. The summed E-state index contributed by atoms with van der Waals surface area (Å²) in [7, 11) is 0. The number of hydrogen-bond acceptors (Lipinski definition) is 2. The highest BCUT2D eigenvalue weighted by Crippen LogP contribution is 2.19. The quantitative estimate of drug-likeness (QED) is 0.190. The van der Waals surface area contributed by atoms with E-state index in [0.717, 1.165) is 19.3 Å². The molecule has 2 N–H and O–H groups in total. The van der Waals surface area contributed by atoms with Crippen LogP contribution in [-0.2, 0) is 6.42 Å². The molecule has 0 bridgehead atoms. The summed E-state index contributed by atoms with van der Waals surface area (Å²) in [6.45, 7) is 2.25. The second kappa shape index (κ2) is 16.7. The lowest BCUT2D eigenvalue weighted by Crippen LogP contribution is -2.11. The molecule has 0 aromatic heterocycles. The van der Waals surface area contributed by atoms with Crippen molar-refractivity contribution in [2.45, 2.75) is 103 Å². The van der Waals surface area contributed by atoms with E-state index in [1.54, 1.807) is 12.1 Å². The average molecular weight is 417 g/mol. The number of allylic oxidation sites excluding steroid dienone is 2. The third-order valence-electron chi connectivity index (χ3n) is 5.55. The summed E-state index contributed by atoms with van der Waals surface area (Å²) in [6.07, 6.45) is 22.5. The van der Waals surface area contributed by atoms with Gasteiger partial charge in [-0.2, -0.15) is 0 Å². The van der Waals surface area contributed by atoms with E-state index in [4.69, 9.17) is 0 Å². The number of rotatable bonds is 18. The topological polar surface area (TPSA) is 74.6 Å². The molecule has 0 aliphatic carbocycles. The number of carboxylic acids is 2. The Hall–Kier alpha value is -2.10. The Kier molecular flexibility index (Phi) is 14.4. The van der Waals surface area contributed by atoms with Crippen LogP contribution in [-0.4, -0.2) is 22.2 Å². The van der Waals surface area contributed by atoms with Crippen LogP contribution in [0.15, 0.2) is 30.4 Å². The van der Waals surface area contributed by atoms with Crippen molar-refractivity contribution in [1.82, 2.24) is 0 Å². The van der Waals surface area contributed by atoms with Crippen LogP contribution < -0.4 is 0 Å². The van der Waals surface area contributed by atoms with Gasteiger partial charge in [0.1, 0.15) is 0 Å². The molecule has 1 aromatic rings. The predicted molar refractivity (Wildman–Crippen MR) is 124 cm³/mol. The van der Waals surface area contributed by atoms with Crippen LogP contribution in [0.4, 0.5) is 0 Å². The lowest BCUT2D eigenvalue weighted by molar-refractivity contribution is 0.0650. The maximum Gasteiger partial charge on any atom is 0.336 e. The van der Waals surface area contributed by atoms with Gasteiger partial charge in [0.25, 0.3) is 0 Å². The van der Waals surface area contributed by atoms with Crippen molar-refractivity contribution >= 4 is 11.9 Å². The van der Waals surface area contributed by atoms with E-state index in [0.29, 0.717) is 12.0 Å². The Labute approximate surface area is 182 Å². The molecule has 1 aromatic carbocycles. The highest BCUT2D eigenvalue weighted by molar-refractivity contribution is 6.02. The Balaban J connectivity index is 2.08. The number of aryl methyl sites for hydroxylation is 1. The highest BCUT2D eigenvalue weighted by Gasteiger charge is 2.19. The van der Waals surface area contributed by atoms with Crippen LogP contribution in [0.1, 0.15) is 123 Å². The molecule has 0 spiro atoms. The lowest BCUT2D eigenvalue weighted by Gasteiger charge is -2.09. The van der Waals surface area contributed by atoms with E-state index < -0.39 is 11.9 Å². The molecule has 30 heavy (non-hydrogen) atoms. The summed E-state index contributed by atoms with van der Waals surface area (Å²) in [6, 6.07) is 4.72. The Morgan fingerprint density at radius 3 is 1.80 bits per heavy atom. The largest absolute Gasteiger partial charge is 0.478 e. The molecule has 0 aliphatic rings. The van der Waals surface area contributed by atoms with Gasteiger partial charge in [0.15, 0.2) is 0 Å². The molecule has 0 atom stereocenters. The summed E-state index contributed by atoms with van der Waals surface area (Å²) in [5, 5.41) is 18.5. The minimum atomic E-state index is -1.18. The molecular weight excluding hydrogens is 376 g/mol. The standard InChI is InChI=1S/C26H40O4/c1-2-3-4-5-6-7-8-9-10-11-12-13-14-15-16-17-19-22-20-18-21-23(25(27)28)24(22)26(29)30/h9-10,18,20-21H,2-8,11-17,19H2,1H3,(H,27,28)(H,29,30). The van der Waals surface area contributed by atoms with E-state index in [1.807, 2.05) is 0 Å². The van der Waals surface area contributed by atoms with Gasteiger partial charge in [-0.1, -0.05) is 89.0 Å². The van der Waals surface area contributed by atoms with Crippen LogP contribution in [0.2, 0.25) is 0 Å². The van der Waals surface area contributed by atoms with Gasteiger partial charge in [0.2, 0.25) is 0 Å². The zero-order valence-electron chi connectivity index (χ0n) is 18.7. The van der Waals surface area contributed by atoms with Crippen LogP contribution in [0.25, 0.3) is 0 Å². The van der Waals surface area contributed by atoms with Gasteiger partial charge < -0.3 is 10.2 Å². The summed E-state index contributed by atoms with van der Waals surface area (Å²) in [4.78, 5) is 22.7. The van der Waals surface area contributed by atoms with Gasteiger partial charge in [-0.25, -0.2) is 9.59 Å². The zero-order chi connectivity index (χ0) is 22.0. The van der Waals surface area contributed by atoms with Crippen LogP contribution in [0.3, 0.4) is 0 Å². The average Bonchev–Trinajstić information content (AvgIpc) is 2.73. The number of carbonyl (C=O) groups is 2. The van der Waals surface area contributed by atoms with Crippen LogP contribution >= 0.6 is 0 Å². The number of benzene rings is 1. The SMILES string of the molecule is CCCCCCCCC=CCCCCCCCCc1cccc(C(=O)O)c1C(=O)O. The molecule has 0 amide bonds. The van der Waals surface area contributed by atoms with Crippen LogP contribution in [0.5, 0.6) is 0 Å². The monoisotopic (exact) mass is 416 g/mol. The Morgan fingerprint density at radius 2 is 1.27 bits per heavy atom. The molecule has 1 rings (SSSR count). The first-order chi connectivity index (χ1) is 14.6. The Bertz CT molecular complexity index is 648. The van der Waals surface area contributed by atoms with E-state index in [1.165, 1.54) is 76.7 Å². The third-order valence-corrected chi connectivity index (χ3v) is 5.55. The van der Waals surface area contributed by atoms with Crippen molar-refractivity contribution < 1.29 is 19.8 Å². The normalized spacial score (nSPS) is 11.2. The van der Waals surface area contributed by atoms with Crippen LogP contribution in [0, 0.1) is 0 Å². The fraction of sp³-hybridized carbons (Fsp3) is 0.615. The lowest BCUT2D eigenvalue weighted by atomic mass is 9.96. The first-order valence-electron chi connectivity index (χ1n) is 11.8. The van der Waals surface area contributed by atoms with Gasteiger partial charge in [-0.15, -0.1) is 0 Å². The van der Waals surface area contributed by atoms with Gasteiger partial charge >= 0.3 is 11.9 Å². The molecule has 0 heterocycles. The number of unbranched alkanes of at least 4 members (excludes halogenated alkanes) is 12. The fourth-order valence-electron chi connectivity index (χ4n) is 3.80. The second-order valence-corrected chi connectivity index (χ2v) is 8.14. The second-order valence-electron chi connectivity index (χ2n) is 8.14. The van der Waals surface area contributed by atoms with Crippen molar-refractivity contribution in [3.63, 3.8) is 0 Å². The Morgan fingerprint density at radius 1 is 0.733 bits per heavy atom. The van der Waals surface area contributed by atoms with Crippen molar-refractivity contribution in [2.24, 2.45) is 0 Å². The van der Waals surface area contributed by atoms with Gasteiger partial charge in [-0.3, -0.25) is 0 Å². The fourth-order valence-corrected chi connectivity index (χ4v) is 3.80.